The van der Waals surface area contributed by atoms with Crippen LogP contribution in [0.15, 0.2) is 54.6 Å². The third kappa shape index (κ3) is 3.81. The average molecular weight is 394 g/mol. The van der Waals surface area contributed by atoms with Gasteiger partial charge < -0.3 is 14.7 Å². The van der Waals surface area contributed by atoms with Gasteiger partial charge in [0, 0.05) is 36.9 Å². The Hall–Kier alpha value is -3.72. The number of nitrogens with zero attached hydrogens (tertiary/aromatic N) is 4. The molecule has 9 nitrogen and oxygen atoms in total. The summed E-state index contributed by atoms with van der Waals surface area (Å²) in [5.41, 5.74) is 1.74. The van der Waals surface area contributed by atoms with Crippen molar-refractivity contribution in [2.75, 3.05) is 26.3 Å². The van der Waals surface area contributed by atoms with Crippen LogP contribution in [0.25, 0.3) is 16.9 Å². The normalized spacial score (nSPS) is 14.0. The second-order valence-electron chi connectivity index (χ2n) is 6.56. The molecule has 2 heterocycles. The van der Waals surface area contributed by atoms with E-state index in [4.69, 9.17) is 4.74 Å². The molecule has 1 saturated heterocycles. The highest BCUT2D eigenvalue weighted by Crippen LogP contribution is 2.28. The zero-order valence-electron chi connectivity index (χ0n) is 15.4. The summed E-state index contributed by atoms with van der Waals surface area (Å²) in [6, 6.07) is 14.2. The molecule has 0 atom stereocenters. The quantitative estimate of drug-likeness (QED) is 0.538. The molecule has 1 aliphatic rings. The first-order valence-electron chi connectivity index (χ1n) is 9.04. The molecule has 0 unspecified atom stereocenters. The Labute approximate surface area is 165 Å². The molecule has 9 heteroatoms. The molecule has 1 N–H and O–H groups in total. The fourth-order valence-corrected chi connectivity index (χ4v) is 3.22. The summed E-state index contributed by atoms with van der Waals surface area (Å²) < 4.78 is 6.80. The first-order valence-corrected chi connectivity index (χ1v) is 9.04. The van der Waals surface area contributed by atoms with Gasteiger partial charge in [-0.15, -0.1) is 0 Å². The molecule has 29 heavy (non-hydrogen) atoms. The maximum absolute atomic E-state index is 12.9. The lowest BCUT2D eigenvalue weighted by Crippen LogP contribution is -2.40. The SMILES string of the molecule is O=C(c1cc(-c2cccc([N+](=O)[O-])c2)n(-c2cccc(O)c2)n1)N1CCOCC1. The molecule has 1 amide bonds. The fraction of sp³-hybridized carbons (Fsp3) is 0.200. The minimum Gasteiger partial charge on any atom is -0.508 e. The van der Waals surface area contributed by atoms with E-state index >= 15 is 0 Å². The highest BCUT2D eigenvalue weighted by Gasteiger charge is 2.24. The highest BCUT2D eigenvalue weighted by molar-refractivity contribution is 5.93. The van der Waals surface area contributed by atoms with E-state index in [-0.39, 0.29) is 23.0 Å². The van der Waals surface area contributed by atoms with E-state index in [9.17, 15) is 20.0 Å². The van der Waals surface area contributed by atoms with E-state index in [0.717, 1.165) is 0 Å². The molecule has 4 rings (SSSR count). The molecule has 1 aliphatic heterocycles. The monoisotopic (exact) mass is 394 g/mol. The number of ether oxygens (including phenoxy) is 1. The molecule has 3 aromatic rings. The summed E-state index contributed by atoms with van der Waals surface area (Å²) in [4.78, 5) is 25.3. The van der Waals surface area contributed by atoms with Crippen molar-refractivity contribution in [3.05, 3.63) is 70.4 Å². The Balaban J connectivity index is 1.82. The van der Waals surface area contributed by atoms with Gasteiger partial charge in [0.25, 0.3) is 11.6 Å². The van der Waals surface area contributed by atoms with Crippen LogP contribution in [0.2, 0.25) is 0 Å². The largest absolute Gasteiger partial charge is 0.508 e. The van der Waals surface area contributed by atoms with Gasteiger partial charge in [-0.05, 0) is 18.2 Å². The Morgan fingerprint density at radius 3 is 2.59 bits per heavy atom. The molecule has 1 aromatic heterocycles. The van der Waals surface area contributed by atoms with E-state index in [1.165, 1.54) is 28.9 Å². The summed E-state index contributed by atoms with van der Waals surface area (Å²) in [7, 11) is 0. The number of carbonyl (C=O) groups excluding carboxylic acids is 1. The molecule has 148 valence electrons. The lowest BCUT2D eigenvalue weighted by atomic mass is 10.1. The lowest BCUT2D eigenvalue weighted by molar-refractivity contribution is -0.384. The van der Waals surface area contributed by atoms with Gasteiger partial charge in [-0.1, -0.05) is 18.2 Å². The average Bonchev–Trinajstić information content (AvgIpc) is 3.19. The molecule has 1 fully saturated rings. The number of hydrogen-bond acceptors (Lipinski definition) is 6. The number of nitro groups is 1. The number of non-ortho nitro benzene ring substituents is 1. The topological polar surface area (TPSA) is 111 Å². The van der Waals surface area contributed by atoms with E-state index in [0.29, 0.717) is 43.2 Å². The van der Waals surface area contributed by atoms with Crippen LogP contribution in [0.1, 0.15) is 10.5 Å². The van der Waals surface area contributed by atoms with Gasteiger partial charge in [0.15, 0.2) is 5.69 Å². The summed E-state index contributed by atoms with van der Waals surface area (Å²) in [6.07, 6.45) is 0. The first-order chi connectivity index (χ1) is 14.0. The van der Waals surface area contributed by atoms with Crippen LogP contribution in [-0.2, 0) is 4.74 Å². The maximum Gasteiger partial charge on any atom is 0.274 e. The fourth-order valence-electron chi connectivity index (χ4n) is 3.22. The zero-order valence-corrected chi connectivity index (χ0v) is 15.4. The van der Waals surface area contributed by atoms with Crippen LogP contribution in [-0.4, -0.2) is 56.9 Å². The van der Waals surface area contributed by atoms with Gasteiger partial charge in [-0.2, -0.15) is 5.10 Å². The Morgan fingerprint density at radius 1 is 1.10 bits per heavy atom. The van der Waals surface area contributed by atoms with E-state index in [1.807, 2.05) is 0 Å². The molecule has 2 aromatic carbocycles. The van der Waals surface area contributed by atoms with Crippen LogP contribution in [0.4, 0.5) is 5.69 Å². The van der Waals surface area contributed by atoms with E-state index < -0.39 is 4.92 Å². The first kappa shape index (κ1) is 18.6. The number of aromatic hydroxyl groups is 1. The summed E-state index contributed by atoms with van der Waals surface area (Å²) in [6.45, 7) is 1.89. The van der Waals surface area contributed by atoms with Crippen molar-refractivity contribution >= 4 is 11.6 Å². The van der Waals surface area contributed by atoms with E-state index in [2.05, 4.69) is 5.10 Å². The Kier molecular flexibility index (Phi) is 4.96. The summed E-state index contributed by atoms with van der Waals surface area (Å²) in [5, 5.41) is 25.5. The molecule has 0 radical (unpaired) electrons. The smallest absolute Gasteiger partial charge is 0.274 e. The zero-order chi connectivity index (χ0) is 20.4. The van der Waals surface area contributed by atoms with Crippen LogP contribution < -0.4 is 0 Å². The van der Waals surface area contributed by atoms with E-state index in [1.54, 1.807) is 35.2 Å². The number of morpholine rings is 1. The number of rotatable bonds is 4. The molecule has 0 spiro atoms. The van der Waals surface area contributed by atoms with Crippen LogP contribution in [0, 0.1) is 10.1 Å². The van der Waals surface area contributed by atoms with Gasteiger partial charge >= 0.3 is 0 Å². The summed E-state index contributed by atoms with van der Waals surface area (Å²) in [5.74, 6) is -0.192. The van der Waals surface area contributed by atoms with Crippen LogP contribution in [0.3, 0.4) is 0 Å². The second-order valence-corrected chi connectivity index (χ2v) is 6.56. The minimum absolute atomic E-state index is 0.0454. The third-order valence-electron chi connectivity index (χ3n) is 4.65. The number of amides is 1. The van der Waals surface area contributed by atoms with Crippen molar-refractivity contribution in [2.45, 2.75) is 0 Å². The predicted molar refractivity (Wildman–Crippen MR) is 104 cm³/mol. The molecular formula is C20H18N4O5. The van der Waals surface area contributed by atoms with Gasteiger partial charge in [-0.3, -0.25) is 14.9 Å². The van der Waals surface area contributed by atoms with Crippen molar-refractivity contribution in [1.29, 1.82) is 0 Å². The Morgan fingerprint density at radius 2 is 1.86 bits per heavy atom. The van der Waals surface area contributed by atoms with Gasteiger partial charge in [0.1, 0.15) is 5.75 Å². The number of carbonyl (C=O) groups is 1. The standard InChI is InChI=1S/C20H18N4O5/c25-17-6-2-4-15(12-17)23-19(14-3-1-5-16(11-14)24(27)28)13-18(21-23)20(26)22-7-9-29-10-8-22/h1-6,11-13,25H,7-10H2. The summed E-state index contributed by atoms with van der Waals surface area (Å²) >= 11 is 0. The third-order valence-corrected chi connectivity index (χ3v) is 4.65. The van der Waals surface area contributed by atoms with Crippen LogP contribution in [0.5, 0.6) is 5.75 Å². The van der Waals surface area contributed by atoms with Gasteiger partial charge in [0.05, 0.1) is 29.5 Å². The highest BCUT2D eigenvalue weighted by atomic mass is 16.6. The number of nitro benzene ring substituents is 1. The van der Waals surface area contributed by atoms with Crippen molar-refractivity contribution in [3.8, 4) is 22.7 Å². The lowest BCUT2D eigenvalue weighted by Gasteiger charge is -2.25. The number of hydrogen-bond donors (Lipinski definition) is 1. The van der Waals surface area contributed by atoms with Crippen molar-refractivity contribution < 1.29 is 19.6 Å². The van der Waals surface area contributed by atoms with Crippen molar-refractivity contribution in [1.82, 2.24) is 14.7 Å². The molecule has 0 bridgehead atoms. The Bertz CT molecular complexity index is 1070. The van der Waals surface area contributed by atoms with Crippen molar-refractivity contribution in [3.63, 3.8) is 0 Å². The molecular weight excluding hydrogens is 376 g/mol. The van der Waals surface area contributed by atoms with Gasteiger partial charge in [-0.25, -0.2) is 4.68 Å². The second kappa shape index (κ2) is 7.72. The van der Waals surface area contributed by atoms with Crippen LogP contribution >= 0.6 is 0 Å². The minimum atomic E-state index is -0.474. The molecule has 0 aliphatic carbocycles. The van der Waals surface area contributed by atoms with Gasteiger partial charge in [0.2, 0.25) is 0 Å². The number of benzene rings is 2. The molecule has 0 saturated carbocycles. The number of phenolic OH excluding ortho intramolecular Hbond substituents is 1. The predicted octanol–water partition coefficient (Wildman–Crippen LogP) is 2.63. The number of aromatic nitrogens is 2. The number of phenols is 1. The van der Waals surface area contributed by atoms with Crippen molar-refractivity contribution in [2.24, 2.45) is 0 Å². The maximum atomic E-state index is 12.9.